The molecule has 0 spiro atoms. The van der Waals surface area contributed by atoms with E-state index < -0.39 is 0 Å². The maximum absolute atomic E-state index is 10.5. The number of furan rings is 1. The van der Waals surface area contributed by atoms with Crippen LogP contribution in [0, 0.1) is 40.9 Å². The van der Waals surface area contributed by atoms with Gasteiger partial charge in [-0.1, -0.05) is 22.6 Å². The zero-order valence-electron chi connectivity index (χ0n) is 8.51. The zero-order valence-corrected chi connectivity index (χ0v) is 10.7. The summed E-state index contributed by atoms with van der Waals surface area (Å²) in [6.45, 7) is 0. The highest BCUT2D eigenvalue weighted by Gasteiger charge is 3.10. The van der Waals surface area contributed by atoms with Crippen LogP contribution in [-0.2, 0) is 0 Å². The molecule has 1 N–H and O–H groups in total. The summed E-state index contributed by atoms with van der Waals surface area (Å²) in [5.41, 5.74) is 0.283. The Morgan fingerprint density at radius 3 is 2.31 bits per heavy atom. The van der Waals surface area contributed by atoms with Crippen LogP contribution in [0.25, 0.3) is 0 Å². The maximum Gasteiger partial charge on any atom is 0.132 e. The third kappa shape index (κ3) is 0.397. The van der Waals surface area contributed by atoms with Crippen molar-refractivity contribution in [1.82, 2.24) is 0 Å². The van der Waals surface area contributed by atoms with Crippen molar-refractivity contribution in [2.75, 3.05) is 0 Å². The first kappa shape index (κ1) is 8.14. The molecule has 6 saturated carbocycles. The Hall–Kier alpha value is -0.0300. The van der Waals surface area contributed by atoms with Gasteiger partial charge in [-0.3, -0.25) is 0 Å². The largest absolute Gasteiger partial charge is 0.467 e. The summed E-state index contributed by atoms with van der Waals surface area (Å²) in [7, 11) is 0. The Kier molecular flexibility index (Phi) is 0.930. The van der Waals surface area contributed by atoms with Gasteiger partial charge in [0.25, 0.3) is 0 Å². The SMILES string of the molecule is OC(c1ccco1)C12C3C4C1C1C2C3C41I. The number of aliphatic hydroxyl groups excluding tert-OH is 1. The van der Waals surface area contributed by atoms with E-state index >= 15 is 0 Å². The topological polar surface area (TPSA) is 33.4 Å². The normalized spacial score (nSPS) is 71.4. The van der Waals surface area contributed by atoms with Crippen molar-refractivity contribution in [1.29, 1.82) is 0 Å². The highest BCUT2D eigenvalue weighted by Crippen LogP contribution is 3.10. The average molecular weight is 326 g/mol. The Bertz CT molecular complexity index is 481. The third-order valence-electron chi connectivity index (χ3n) is 6.87. The van der Waals surface area contributed by atoms with Crippen LogP contribution in [0.5, 0.6) is 0 Å². The lowest BCUT2D eigenvalue weighted by molar-refractivity contribution is -0.607. The van der Waals surface area contributed by atoms with Gasteiger partial charge in [0.2, 0.25) is 0 Å². The van der Waals surface area contributed by atoms with Crippen LogP contribution in [-0.4, -0.2) is 8.53 Å². The summed E-state index contributed by atoms with van der Waals surface area (Å²) in [5, 5.41) is 10.5. The van der Waals surface area contributed by atoms with E-state index in [2.05, 4.69) is 22.6 Å². The van der Waals surface area contributed by atoms with E-state index in [0.29, 0.717) is 3.42 Å². The fourth-order valence-corrected chi connectivity index (χ4v) is 9.04. The molecule has 6 aliphatic carbocycles. The summed E-state index contributed by atoms with van der Waals surface area (Å²) < 4.78 is 6.11. The van der Waals surface area contributed by atoms with Crippen LogP contribution >= 0.6 is 22.6 Å². The Balaban J connectivity index is 1.46. The van der Waals surface area contributed by atoms with Crippen molar-refractivity contribution in [3.63, 3.8) is 0 Å². The minimum Gasteiger partial charge on any atom is -0.467 e. The molecule has 1 aromatic rings. The van der Waals surface area contributed by atoms with Crippen molar-refractivity contribution in [3.8, 4) is 0 Å². The molecule has 1 aromatic heterocycles. The molecule has 1 unspecified atom stereocenters. The maximum atomic E-state index is 10.5. The second-order valence-corrected chi connectivity index (χ2v) is 8.27. The second kappa shape index (κ2) is 1.83. The predicted octanol–water partition coefficient (Wildman–Crippen LogP) is 2.24. The molecule has 0 aromatic carbocycles. The third-order valence-corrected chi connectivity index (χ3v) is 9.03. The highest BCUT2D eigenvalue weighted by molar-refractivity contribution is 14.1. The van der Waals surface area contributed by atoms with Crippen LogP contribution in [0.1, 0.15) is 11.9 Å². The summed E-state index contributed by atoms with van der Waals surface area (Å²) in [6, 6.07) is 3.83. The lowest BCUT2D eigenvalue weighted by Gasteiger charge is -3.10. The second-order valence-electron chi connectivity index (χ2n) is 6.40. The molecule has 1 heterocycles. The fourth-order valence-electron chi connectivity index (χ4n) is 6.72. The van der Waals surface area contributed by atoms with Crippen LogP contribution in [0.4, 0.5) is 0 Å². The van der Waals surface area contributed by atoms with Crippen LogP contribution in [0.3, 0.4) is 0 Å². The smallest absolute Gasteiger partial charge is 0.132 e. The highest BCUT2D eigenvalue weighted by atomic mass is 127. The Morgan fingerprint density at radius 1 is 1.19 bits per heavy atom. The first-order valence-corrected chi connectivity index (χ1v) is 7.23. The lowest BCUT2D eigenvalue weighted by Crippen LogP contribution is -3.11. The number of rotatable bonds is 2. The van der Waals surface area contributed by atoms with Gasteiger partial charge in [-0.05, 0) is 47.6 Å². The van der Waals surface area contributed by atoms with E-state index in [-0.39, 0.29) is 11.5 Å². The van der Waals surface area contributed by atoms with Crippen LogP contribution < -0.4 is 0 Å². The summed E-state index contributed by atoms with van der Waals surface area (Å²) in [6.07, 6.45) is 1.37. The minimum absolute atomic E-state index is 0.283. The number of aliphatic hydroxyl groups is 1. The van der Waals surface area contributed by atoms with Crippen LogP contribution in [0.15, 0.2) is 22.8 Å². The van der Waals surface area contributed by atoms with Crippen molar-refractivity contribution in [2.45, 2.75) is 9.53 Å². The van der Waals surface area contributed by atoms with Gasteiger partial charge in [-0.25, -0.2) is 0 Å². The predicted molar refractivity (Wildman–Crippen MR) is 63.8 cm³/mol. The summed E-state index contributed by atoms with van der Waals surface area (Å²) >= 11 is 2.72. The number of hydrogen-bond acceptors (Lipinski definition) is 2. The molecular weight excluding hydrogens is 315 g/mol. The van der Waals surface area contributed by atoms with E-state index in [4.69, 9.17) is 4.42 Å². The van der Waals surface area contributed by atoms with E-state index in [0.717, 1.165) is 41.3 Å². The average Bonchev–Trinajstić information content (AvgIpc) is 2.82. The Labute approximate surface area is 107 Å². The first-order valence-electron chi connectivity index (χ1n) is 6.15. The van der Waals surface area contributed by atoms with Crippen molar-refractivity contribution in [2.24, 2.45) is 40.9 Å². The molecule has 1 atom stereocenters. The van der Waals surface area contributed by atoms with Gasteiger partial charge in [0.1, 0.15) is 11.9 Å². The molecular formula is C13H11IO2. The quantitative estimate of drug-likeness (QED) is 0.668. The molecule has 7 rings (SSSR count). The lowest BCUT2D eigenvalue weighted by atomic mass is 8.96. The van der Waals surface area contributed by atoms with Gasteiger partial charge >= 0.3 is 0 Å². The van der Waals surface area contributed by atoms with Crippen molar-refractivity contribution >= 4 is 22.6 Å². The number of halogens is 1. The Morgan fingerprint density at radius 2 is 1.81 bits per heavy atom. The first-order chi connectivity index (χ1) is 7.75. The molecule has 2 nitrogen and oxygen atoms in total. The van der Waals surface area contributed by atoms with Gasteiger partial charge in [-0.15, -0.1) is 0 Å². The molecule has 3 heteroatoms. The molecule has 6 fully saturated rings. The molecule has 0 radical (unpaired) electrons. The molecule has 16 heavy (non-hydrogen) atoms. The van der Waals surface area contributed by atoms with Gasteiger partial charge in [-0.2, -0.15) is 0 Å². The van der Waals surface area contributed by atoms with Crippen molar-refractivity contribution < 1.29 is 9.52 Å². The van der Waals surface area contributed by atoms with Gasteiger partial charge in [0.15, 0.2) is 0 Å². The monoisotopic (exact) mass is 326 g/mol. The van der Waals surface area contributed by atoms with E-state index in [1.807, 2.05) is 12.1 Å². The van der Waals surface area contributed by atoms with Crippen LogP contribution in [0.2, 0.25) is 0 Å². The van der Waals surface area contributed by atoms with Crippen molar-refractivity contribution in [3.05, 3.63) is 24.2 Å². The van der Waals surface area contributed by atoms with Gasteiger partial charge in [0, 0.05) is 8.84 Å². The standard InChI is InChI=1S/C13H11IO2/c14-13-8-5-9(13)7-10(13)6(8)12(5,7)11(15)4-2-1-3-16-4/h1-3,5-11,15H. The number of alkyl halides is 1. The van der Waals surface area contributed by atoms with E-state index in [1.54, 1.807) is 6.26 Å². The molecule has 82 valence electrons. The summed E-state index contributed by atoms with van der Waals surface area (Å²) in [4.78, 5) is 0. The zero-order chi connectivity index (χ0) is 10.4. The minimum atomic E-state index is -0.313. The molecule has 0 saturated heterocycles. The van der Waals surface area contributed by atoms with E-state index in [9.17, 15) is 5.11 Å². The fraction of sp³-hybridized carbons (Fsp3) is 0.692. The molecule has 0 amide bonds. The molecule has 0 bridgehead atoms. The summed E-state index contributed by atoms with van der Waals surface area (Å²) in [5.74, 6) is 6.27. The van der Waals surface area contributed by atoms with Gasteiger partial charge < -0.3 is 9.52 Å². The van der Waals surface area contributed by atoms with Gasteiger partial charge in [0.05, 0.1) is 6.26 Å². The number of hydrogen-bond donors (Lipinski definition) is 1. The molecule has 6 aliphatic rings. The van der Waals surface area contributed by atoms with E-state index in [1.165, 1.54) is 0 Å². The molecule has 0 aliphatic heterocycles.